The Morgan fingerprint density at radius 3 is 1.77 bits per heavy atom. The van der Waals surface area contributed by atoms with Crippen molar-refractivity contribution in [1.29, 1.82) is 0 Å². The fourth-order valence-corrected chi connectivity index (χ4v) is 4.92. The third-order valence-corrected chi connectivity index (χ3v) is 6.47. The van der Waals surface area contributed by atoms with Crippen molar-refractivity contribution in [2.24, 2.45) is 0 Å². The number of aromatic nitrogens is 3. The van der Waals surface area contributed by atoms with Crippen molar-refractivity contribution in [3.63, 3.8) is 0 Å². The first-order valence-electron chi connectivity index (χ1n) is 11.5. The molecule has 0 bridgehead atoms. The van der Waals surface area contributed by atoms with E-state index in [1.54, 1.807) is 12.4 Å². The molecule has 35 heavy (non-hydrogen) atoms. The average Bonchev–Trinajstić information content (AvgIpc) is 3.37. The molecule has 0 spiro atoms. The highest BCUT2D eigenvalue weighted by Gasteiger charge is 2.17. The van der Waals surface area contributed by atoms with Crippen LogP contribution in [0.4, 0.5) is 0 Å². The molecule has 0 saturated carbocycles. The third kappa shape index (κ3) is 3.19. The van der Waals surface area contributed by atoms with Crippen LogP contribution in [-0.2, 0) is 0 Å². The smallest absolute Gasteiger partial charge is 0.227 e. The molecule has 0 aliphatic heterocycles. The molecule has 4 nitrogen and oxygen atoms in total. The number of para-hydroxylation sites is 2. The van der Waals surface area contributed by atoms with Crippen molar-refractivity contribution in [1.82, 2.24) is 15.0 Å². The molecule has 0 aliphatic rings. The van der Waals surface area contributed by atoms with Gasteiger partial charge in [-0.3, -0.25) is 9.97 Å². The van der Waals surface area contributed by atoms with Gasteiger partial charge in [0.1, 0.15) is 5.52 Å². The summed E-state index contributed by atoms with van der Waals surface area (Å²) in [5, 5.41) is 4.68. The molecule has 7 aromatic rings. The Bertz CT molecular complexity index is 1750. The Morgan fingerprint density at radius 2 is 1.14 bits per heavy atom. The molecule has 164 valence electrons. The fourth-order valence-electron chi connectivity index (χ4n) is 4.92. The van der Waals surface area contributed by atoms with Crippen LogP contribution in [0.3, 0.4) is 0 Å². The molecular weight excluding hydrogens is 430 g/mol. The number of nitrogens with zero attached hydrogens (tertiary/aromatic N) is 3. The third-order valence-electron chi connectivity index (χ3n) is 6.47. The van der Waals surface area contributed by atoms with Gasteiger partial charge in [0.25, 0.3) is 0 Å². The fraction of sp³-hybridized carbons (Fsp3) is 0. The predicted molar refractivity (Wildman–Crippen MR) is 141 cm³/mol. The lowest BCUT2D eigenvalue weighted by molar-refractivity contribution is 0.620. The standard InChI is InChI=1S/C31H19N3O/c1-3-9-24-22(7-1)29(23-8-2-4-10-25(23)30(24)27-19-32-17-18-33-27)20-13-15-21(16-14-20)31-34-26-11-5-6-12-28(26)35-31/h1-19H. The lowest BCUT2D eigenvalue weighted by atomic mass is 9.87. The van der Waals surface area contributed by atoms with Crippen LogP contribution < -0.4 is 0 Å². The van der Waals surface area contributed by atoms with Gasteiger partial charge in [-0.25, -0.2) is 4.98 Å². The zero-order chi connectivity index (χ0) is 23.2. The monoisotopic (exact) mass is 449 g/mol. The van der Waals surface area contributed by atoms with E-state index in [9.17, 15) is 0 Å². The zero-order valence-electron chi connectivity index (χ0n) is 18.7. The first kappa shape index (κ1) is 19.6. The maximum Gasteiger partial charge on any atom is 0.227 e. The molecule has 2 heterocycles. The van der Waals surface area contributed by atoms with E-state index in [0.29, 0.717) is 5.89 Å². The highest BCUT2D eigenvalue weighted by Crippen LogP contribution is 2.43. The van der Waals surface area contributed by atoms with E-state index in [1.165, 1.54) is 16.3 Å². The van der Waals surface area contributed by atoms with Crippen molar-refractivity contribution < 1.29 is 4.42 Å². The highest BCUT2D eigenvalue weighted by atomic mass is 16.3. The molecule has 0 radical (unpaired) electrons. The van der Waals surface area contributed by atoms with Gasteiger partial charge in [-0.2, -0.15) is 0 Å². The minimum Gasteiger partial charge on any atom is -0.436 e. The Hall–Kier alpha value is -4.83. The molecule has 0 atom stereocenters. The van der Waals surface area contributed by atoms with E-state index in [0.717, 1.165) is 44.3 Å². The molecule has 2 aromatic heterocycles. The summed E-state index contributed by atoms with van der Waals surface area (Å²) in [6.07, 6.45) is 5.29. The van der Waals surface area contributed by atoms with Gasteiger partial charge in [0.15, 0.2) is 5.58 Å². The summed E-state index contributed by atoms with van der Waals surface area (Å²) >= 11 is 0. The van der Waals surface area contributed by atoms with E-state index in [2.05, 4.69) is 87.7 Å². The predicted octanol–water partition coefficient (Wildman–Crippen LogP) is 7.93. The summed E-state index contributed by atoms with van der Waals surface area (Å²) in [6, 6.07) is 33.4. The number of rotatable bonds is 3. The average molecular weight is 450 g/mol. The van der Waals surface area contributed by atoms with Crippen molar-refractivity contribution in [3.8, 4) is 33.8 Å². The Labute approximate surface area is 201 Å². The number of fused-ring (bicyclic) bond motifs is 3. The Balaban J connectivity index is 1.46. The molecule has 0 saturated heterocycles. The van der Waals surface area contributed by atoms with Crippen LogP contribution in [0.25, 0.3) is 66.5 Å². The van der Waals surface area contributed by atoms with E-state index in [4.69, 9.17) is 4.42 Å². The molecule has 0 N–H and O–H groups in total. The van der Waals surface area contributed by atoms with E-state index < -0.39 is 0 Å². The number of oxazole rings is 1. The van der Waals surface area contributed by atoms with Crippen LogP contribution in [0.5, 0.6) is 0 Å². The second-order valence-corrected chi connectivity index (χ2v) is 8.50. The second-order valence-electron chi connectivity index (χ2n) is 8.50. The van der Waals surface area contributed by atoms with E-state index in [-0.39, 0.29) is 0 Å². The van der Waals surface area contributed by atoms with Crippen molar-refractivity contribution in [2.45, 2.75) is 0 Å². The van der Waals surface area contributed by atoms with Crippen LogP contribution in [0.1, 0.15) is 0 Å². The maximum absolute atomic E-state index is 5.98. The van der Waals surface area contributed by atoms with Gasteiger partial charge in [0.05, 0.1) is 11.9 Å². The van der Waals surface area contributed by atoms with Gasteiger partial charge in [-0.1, -0.05) is 72.8 Å². The van der Waals surface area contributed by atoms with Gasteiger partial charge < -0.3 is 4.42 Å². The van der Waals surface area contributed by atoms with Crippen molar-refractivity contribution >= 4 is 32.6 Å². The highest BCUT2D eigenvalue weighted by molar-refractivity contribution is 6.21. The molecule has 0 amide bonds. The van der Waals surface area contributed by atoms with Crippen LogP contribution in [0.15, 0.2) is 120 Å². The van der Waals surface area contributed by atoms with Crippen molar-refractivity contribution in [2.75, 3.05) is 0 Å². The summed E-state index contributed by atoms with van der Waals surface area (Å²) < 4.78 is 5.98. The molecule has 0 unspecified atom stereocenters. The summed E-state index contributed by atoms with van der Waals surface area (Å²) in [7, 11) is 0. The minimum atomic E-state index is 0.630. The minimum absolute atomic E-state index is 0.630. The SMILES string of the molecule is c1ccc2oc(-c3ccc(-c4c5ccccc5c(-c5cnccn5)c5ccccc45)cc3)nc2c1. The number of benzene rings is 5. The molecule has 0 fully saturated rings. The van der Waals surface area contributed by atoms with E-state index >= 15 is 0 Å². The summed E-state index contributed by atoms with van der Waals surface area (Å²) in [6.45, 7) is 0. The van der Waals surface area contributed by atoms with Gasteiger partial charge >= 0.3 is 0 Å². The van der Waals surface area contributed by atoms with Crippen LogP contribution in [0, 0.1) is 0 Å². The number of hydrogen-bond donors (Lipinski definition) is 0. The van der Waals surface area contributed by atoms with Gasteiger partial charge in [-0.05, 0) is 56.9 Å². The van der Waals surface area contributed by atoms with Gasteiger partial charge in [0, 0.05) is 23.5 Å². The normalized spacial score (nSPS) is 11.4. The maximum atomic E-state index is 5.98. The summed E-state index contributed by atoms with van der Waals surface area (Å²) in [4.78, 5) is 13.6. The topological polar surface area (TPSA) is 51.8 Å². The Kier molecular flexibility index (Phi) is 4.42. The first-order valence-corrected chi connectivity index (χ1v) is 11.5. The van der Waals surface area contributed by atoms with Gasteiger partial charge in [-0.15, -0.1) is 0 Å². The van der Waals surface area contributed by atoms with Gasteiger partial charge in [0.2, 0.25) is 5.89 Å². The second kappa shape index (κ2) is 7.89. The largest absolute Gasteiger partial charge is 0.436 e. The summed E-state index contributed by atoms with van der Waals surface area (Å²) in [5.74, 6) is 0.630. The van der Waals surface area contributed by atoms with Crippen LogP contribution in [0.2, 0.25) is 0 Å². The molecular formula is C31H19N3O. The Morgan fingerprint density at radius 1 is 0.543 bits per heavy atom. The molecule has 0 aliphatic carbocycles. The molecule has 5 aromatic carbocycles. The zero-order valence-corrected chi connectivity index (χ0v) is 18.7. The van der Waals surface area contributed by atoms with E-state index in [1.807, 2.05) is 30.5 Å². The van der Waals surface area contributed by atoms with Crippen molar-refractivity contribution in [3.05, 3.63) is 116 Å². The first-order chi connectivity index (χ1) is 17.4. The molecule has 7 rings (SSSR count). The molecule has 4 heteroatoms. The lowest BCUT2D eigenvalue weighted by Crippen LogP contribution is -1.92. The summed E-state index contributed by atoms with van der Waals surface area (Å²) in [5.41, 5.74) is 6.94. The quantitative estimate of drug-likeness (QED) is 0.257. The van der Waals surface area contributed by atoms with Crippen LogP contribution >= 0.6 is 0 Å². The van der Waals surface area contributed by atoms with Crippen LogP contribution in [-0.4, -0.2) is 15.0 Å². The lowest BCUT2D eigenvalue weighted by Gasteiger charge is -2.17. The number of hydrogen-bond acceptors (Lipinski definition) is 4.